The van der Waals surface area contributed by atoms with Gasteiger partial charge < -0.3 is 10.2 Å². The number of hydrogen-bond acceptors (Lipinski definition) is 4. The first kappa shape index (κ1) is 29.9. The van der Waals surface area contributed by atoms with E-state index in [1.807, 2.05) is 78.8 Å². The Kier molecular flexibility index (Phi) is 10.5. The van der Waals surface area contributed by atoms with Gasteiger partial charge in [0.05, 0.1) is 6.04 Å². The van der Waals surface area contributed by atoms with Crippen LogP contribution in [0.2, 0.25) is 0 Å². The van der Waals surface area contributed by atoms with Crippen LogP contribution in [0.4, 0.5) is 0 Å². The SMILES string of the molecule is C/C(C=O)=C\C(C(C)C)N(C)C(=O)C(NC(=O)C(N(C)Cl)C(C)(C)c1ccccc1)C(C)(C)C. The fraction of sp³-hybridized carbons (Fsp3) is 0.593. The molecular formula is C27H42ClN3O3. The summed E-state index contributed by atoms with van der Waals surface area (Å²) in [7, 11) is 3.36. The molecule has 6 nitrogen and oxygen atoms in total. The second-order valence-corrected chi connectivity index (χ2v) is 11.6. The molecule has 1 rings (SSSR count). The van der Waals surface area contributed by atoms with Crippen LogP contribution in [-0.2, 0) is 19.8 Å². The van der Waals surface area contributed by atoms with Crippen LogP contribution in [0.25, 0.3) is 0 Å². The molecule has 1 N–H and O–H groups in total. The predicted octanol–water partition coefficient (Wildman–Crippen LogP) is 4.58. The maximum Gasteiger partial charge on any atom is 0.245 e. The zero-order chi connectivity index (χ0) is 26.4. The highest BCUT2D eigenvalue weighted by molar-refractivity contribution is 6.15. The van der Waals surface area contributed by atoms with Crippen molar-refractivity contribution in [2.75, 3.05) is 14.1 Å². The molecule has 190 valence electrons. The normalized spacial score (nSPS) is 15.6. The van der Waals surface area contributed by atoms with Crippen molar-refractivity contribution in [3.05, 3.63) is 47.5 Å². The Bertz CT molecular complexity index is 873. The van der Waals surface area contributed by atoms with Gasteiger partial charge in [-0.1, -0.05) is 84.9 Å². The maximum atomic E-state index is 13.7. The van der Waals surface area contributed by atoms with Crippen LogP contribution >= 0.6 is 11.8 Å². The van der Waals surface area contributed by atoms with Gasteiger partial charge in [0.2, 0.25) is 11.8 Å². The number of halogens is 1. The zero-order valence-corrected chi connectivity index (χ0v) is 23.1. The second-order valence-electron chi connectivity index (χ2n) is 11.0. The number of allylic oxidation sites excluding steroid dienone is 1. The van der Waals surface area contributed by atoms with Gasteiger partial charge in [0.1, 0.15) is 18.4 Å². The van der Waals surface area contributed by atoms with Gasteiger partial charge in [0, 0.05) is 19.5 Å². The second kappa shape index (κ2) is 12.0. The number of rotatable bonds is 10. The van der Waals surface area contributed by atoms with Crippen molar-refractivity contribution < 1.29 is 14.4 Å². The van der Waals surface area contributed by atoms with Gasteiger partial charge in [-0.25, -0.2) is 4.42 Å². The van der Waals surface area contributed by atoms with Crippen molar-refractivity contribution in [2.24, 2.45) is 11.3 Å². The maximum absolute atomic E-state index is 13.7. The van der Waals surface area contributed by atoms with Crippen molar-refractivity contribution in [3.63, 3.8) is 0 Å². The highest BCUT2D eigenvalue weighted by Gasteiger charge is 2.43. The summed E-state index contributed by atoms with van der Waals surface area (Å²) >= 11 is 6.41. The fourth-order valence-electron chi connectivity index (χ4n) is 4.24. The van der Waals surface area contributed by atoms with Crippen LogP contribution in [0.1, 0.15) is 61.0 Å². The standard InChI is InChI=1S/C27H42ClN3O3/c1-18(2)21(16-19(3)17-32)30(9)25(34)22(26(4,5)6)29-24(33)23(31(10)28)27(7,8)20-14-12-11-13-15-20/h11-18,21-23H,1-10H3,(H,29,33)/b19-16+. The molecule has 0 aromatic heterocycles. The van der Waals surface area contributed by atoms with E-state index in [-0.39, 0.29) is 23.8 Å². The first-order valence-corrected chi connectivity index (χ1v) is 12.0. The Morgan fingerprint density at radius 2 is 1.56 bits per heavy atom. The average molecular weight is 492 g/mol. The Hall–Kier alpha value is -2.18. The molecule has 0 aliphatic carbocycles. The van der Waals surface area contributed by atoms with E-state index in [1.54, 1.807) is 32.0 Å². The van der Waals surface area contributed by atoms with Gasteiger partial charge in [-0.2, -0.15) is 0 Å². The summed E-state index contributed by atoms with van der Waals surface area (Å²) in [6.45, 7) is 15.4. The molecule has 3 atom stereocenters. The number of nitrogens with zero attached hydrogens (tertiary/aromatic N) is 2. The number of amides is 2. The number of benzene rings is 1. The molecule has 0 bridgehead atoms. The van der Waals surface area contributed by atoms with Gasteiger partial charge in [-0.3, -0.25) is 14.4 Å². The van der Waals surface area contributed by atoms with Crippen LogP contribution in [0.3, 0.4) is 0 Å². The smallest absolute Gasteiger partial charge is 0.245 e. The minimum atomic E-state index is -0.790. The molecule has 0 aliphatic rings. The van der Waals surface area contributed by atoms with Crippen molar-refractivity contribution >= 4 is 29.9 Å². The first-order valence-electron chi connectivity index (χ1n) is 11.7. The molecule has 3 unspecified atom stereocenters. The quantitative estimate of drug-likeness (QED) is 0.295. The number of hydrogen-bond donors (Lipinski definition) is 1. The molecule has 0 saturated heterocycles. The molecule has 2 amide bonds. The number of aldehydes is 1. The minimum absolute atomic E-state index is 0.0823. The molecule has 1 aromatic rings. The average Bonchev–Trinajstić information content (AvgIpc) is 2.73. The summed E-state index contributed by atoms with van der Waals surface area (Å²) < 4.78 is 1.38. The molecule has 7 heteroatoms. The zero-order valence-electron chi connectivity index (χ0n) is 22.3. The van der Waals surface area contributed by atoms with E-state index in [1.165, 1.54) is 4.42 Å². The summed E-state index contributed by atoms with van der Waals surface area (Å²) in [6, 6.07) is 7.92. The fourth-order valence-corrected chi connectivity index (χ4v) is 4.57. The molecule has 0 saturated carbocycles. The molecule has 34 heavy (non-hydrogen) atoms. The number of carbonyl (C=O) groups is 3. The van der Waals surface area contributed by atoms with E-state index >= 15 is 0 Å². The Morgan fingerprint density at radius 1 is 1.03 bits per heavy atom. The molecule has 0 fully saturated rings. The monoisotopic (exact) mass is 491 g/mol. The van der Waals surface area contributed by atoms with E-state index in [0.717, 1.165) is 11.8 Å². The summed E-state index contributed by atoms with van der Waals surface area (Å²) in [5.74, 6) is -0.462. The number of nitrogens with one attached hydrogen (secondary N) is 1. The van der Waals surface area contributed by atoms with Gasteiger partial charge in [-0.05, 0) is 41.2 Å². The van der Waals surface area contributed by atoms with Crippen molar-refractivity contribution in [3.8, 4) is 0 Å². The lowest BCUT2D eigenvalue weighted by atomic mass is 9.76. The van der Waals surface area contributed by atoms with E-state index in [4.69, 9.17) is 11.8 Å². The third-order valence-electron chi connectivity index (χ3n) is 6.30. The number of likely N-dealkylation sites (N-methyl/N-ethyl adjacent to an activating group) is 2. The summed E-state index contributed by atoms with van der Waals surface area (Å²) in [5.41, 5.74) is 0.345. The number of carbonyl (C=O) groups excluding carboxylic acids is 3. The van der Waals surface area contributed by atoms with Crippen LogP contribution < -0.4 is 5.32 Å². The molecule has 0 spiro atoms. The Labute approximate surface area is 210 Å². The Morgan fingerprint density at radius 3 is 1.97 bits per heavy atom. The molecular weight excluding hydrogens is 450 g/mol. The predicted molar refractivity (Wildman–Crippen MR) is 139 cm³/mol. The summed E-state index contributed by atoms with van der Waals surface area (Å²) in [6.07, 6.45) is 2.58. The molecule has 1 aromatic carbocycles. The largest absolute Gasteiger partial charge is 0.342 e. The molecule has 0 aliphatic heterocycles. The van der Waals surface area contributed by atoms with E-state index in [0.29, 0.717) is 5.57 Å². The van der Waals surface area contributed by atoms with Crippen LogP contribution in [-0.4, -0.2) is 59.6 Å². The molecule has 0 radical (unpaired) electrons. The van der Waals surface area contributed by atoms with E-state index in [9.17, 15) is 14.4 Å². The van der Waals surface area contributed by atoms with Gasteiger partial charge >= 0.3 is 0 Å². The first-order chi connectivity index (χ1) is 15.5. The highest BCUT2D eigenvalue weighted by Crippen LogP contribution is 2.32. The third kappa shape index (κ3) is 7.41. The van der Waals surface area contributed by atoms with Crippen LogP contribution in [0.5, 0.6) is 0 Å². The topological polar surface area (TPSA) is 69.7 Å². The lowest BCUT2D eigenvalue weighted by molar-refractivity contribution is -0.141. The van der Waals surface area contributed by atoms with Gasteiger partial charge in [-0.15, -0.1) is 0 Å². The van der Waals surface area contributed by atoms with E-state index < -0.39 is 22.9 Å². The van der Waals surface area contributed by atoms with Crippen LogP contribution in [0.15, 0.2) is 42.0 Å². The minimum Gasteiger partial charge on any atom is -0.342 e. The lowest BCUT2D eigenvalue weighted by Gasteiger charge is -2.41. The highest BCUT2D eigenvalue weighted by atomic mass is 35.5. The van der Waals surface area contributed by atoms with Crippen molar-refractivity contribution in [2.45, 2.75) is 78.9 Å². The summed E-state index contributed by atoms with van der Waals surface area (Å²) in [4.78, 5) is 40.2. The third-order valence-corrected chi connectivity index (χ3v) is 6.50. The Balaban J connectivity index is 3.35. The van der Waals surface area contributed by atoms with Gasteiger partial charge in [0.15, 0.2) is 0 Å². The summed E-state index contributed by atoms with van der Waals surface area (Å²) in [5, 5.41) is 3.01. The van der Waals surface area contributed by atoms with E-state index in [2.05, 4.69) is 5.32 Å². The molecule has 0 heterocycles. The van der Waals surface area contributed by atoms with Crippen molar-refractivity contribution in [1.29, 1.82) is 0 Å². The van der Waals surface area contributed by atoms with Gasteiger partial charge in [0.25, 0.3) is 0 Å². The lowest BCUT2D eigenvalue weighted by Crippen LogP contribution is -2.61. The van der Waals surface area contributed by atoms with Crippen molar-refractivity contribution in [1.82, 2.24) is 14.6 Å². The van der Waals surface area contributed by atoms with Crippen LogP contribution in [0, 0.1) is 11.3 Å².